The first-order valence-electron chi connectivity index (χ1n) is 11.1. The largest absolute Gasteiger partial charge is 0.484 e. The number of fused-ring (bicyclic) bond motifs is 1. The number of aryl methyl sites for hydroxylation is 1. The van der Waals surface area contributed by atoms with Gasteiger partial charge < -0.3 is 19.5 Å². The fourth-order valence-corrected chi connectivity index (χ4v) is 4.83. The summed E-state index contributed by atoms with van der Waals surface area (Å²) in [6, 6.07) is 9.19. The Bertz CT molecular complexity index is 1370. The van der Waals surface area contributed by atoms with Gasteiger partial charge in [0, 0.05) is 38.9 Å². The standard InChI is InChI=1S/C23H26F3N5O4S/c1-29-20-12-16(27-21(32)14-35-18-7-4-15(5-8-18)23(24,25)26)6-9-19(20)28-22(29)31-11-10-17(13-31)30(2)36(3,33)34/h4-9,12,17H,10-11,13-14H2,1-3H3,(H,27,32). The number of nitrogens with zero attached hydrogens (tertiary/aromatic N) is 4. The molecule has 3 aromatic rings. The van der Waals surface area contributed by atoms with E-state index in [9.17, 15) is 26.4 Å². The molecular weight excluding hydrogens is 499 g/mol. The highest BCUT2D eigenvalue weighted by Crippen LogP contribution is 2.30. The molecule has 1 N–H and O–H groups in total. The zero-order valence-corrected chi connectivity index (χ0v) is 20.7. The van der Waals surface area contributed by atoms with Gasteiger partial charge in [-0.2, -0.15) is 13.2 Å². The normalized spacial score (nSPS) is 16.6. The molecule has 1 aromatic heterocycles. The lowest BCUT2D eigenvalue weighted by Gasteiger charge is -2.22. The first-order chi connectivity index (χ1) is 16.8. The Kier molecular flexibility index (Phi) is 6.88. The maximum absolute atomic E-state index is 12.7. The number of sulfonamides is 1. The number of anilines is 2. The lowest BCUT2D eigenvalue weighted by atomic mass is 10.2. The van der Waals surface area contributed by atoms with Gasteiger partial charge in [0.05, 0.1) is 22.9 Å². The van der Waals surface area contributed by atoms with Crippen LogP contribution in [0.1, 0.15) is 12.0 Å². The number of nitrogens with one attached hydrogen (secondary N) is 1. The van der Waals surface area contributed by atoms with E-state index >= 15 is 0 Å². The Labute approximate surface area is 206 Å². The number of hydrogen-bond donors (Lipinski definition) is 1. The molecule has 1 amide bonds. The van der Waals surface area contributed by atoms with Crippen LogP contribution in [0.5, 0.6) is 5.75 Å². The number of ether oxygens (including phenoxy) is 1. The third kappa shape index (κ3) is 5.57. The van der Waals surface area contributed by atoms with Gasteiger partial charge in [-0.3, -0.25) is 4.79 Å². The predicted molar refractivity (Wildman–Crippen MR) is 130 cm³/mol. The zero-order chi connectivity index (χ0) is 26.3. The molecule has 2 aromatic carbocycles. The van der Waals surface area contributed by atoms with Crippen LogP contribution in [-0.4, -0.2) is 67.2 Å². The molecule has 1 fully saturated rings. The molecule has 0 radical (unpaired) electrons. The average Bonchev–Trinajstić information content (AvgIpc) is 3.41. The van der Waals surface area contributed by atoms with E-state index in [2.05, 4.69) is 10.3 Å². The van der Waals surface area contributed by atoms with Gasteiger partial charge in [-0.1, -0.05) is 0 Å². The molecule has 194 valence electrons. The van der Waals surface area contributed by atoms with Crippen molar-refractivity contribution < 1.29 is 31.1 Å². The lowest BCUT2D eigenvalue weighted by Crippen LogP contribution is -2.38. The molecule has 2 heterocycles. The van der Waals surface area contributed by atoms with Gasteiger partial charge in [-0.05, 0) is 48.9 Å². The number of carbonyl (C=O) groups is 1. The van der Waals surface area contributed by atoms with E-state index in [0.717, 1.165) is 29.8 Å². The van der Waals surface area contributed by atoms with Gasteiger partial charge >= 0.3 is 6.18 Å². The van der Waals surface area contributed by atoms with Crippen molar-refractivity contribution >= 4 is 38.6 Å². The number of amides is 1. The number of benzene rings is 2. The third-order valence-electron chi connectivity index (χ3n) is 6.18. The van der Waals surface area contributed by atoms with Gasteiger partial charge in [0.25, 0.3) is 5.91 Å². The van der Waals surface area contributed by atoms with Crippen LogP contribution < -0.4 is 15.0 Å². The second-order valence-corrected chi connectivity index (χ2v) is 10.7. The summed E-state index contributed by atoms with van der Waals surface area (Å²) >= 11 is 0. The molecular formula is C23H26F3N5O4S. The number of alkyl halides is 3. The Balaban J connectivity index is 1.40. The summed E-state index contributed by atoms with van der Waals surface area (Å²) < 4.78 is 70.3. The topological polar surface area (TPSA) is 96.8 Å². The highest BCUT2D eigenvalue weighted by Gasteiger charge is 2.32. The molecule has 0 spiro atoms. The van der Waals surface area contributed by atoms with Crippen molar-refractivity contribution in [1.82, 2.24) is 13.9 Å². The van der Waals surface area contributed by atoms with Crippen LogP contribution in [0.4, 0.5) is 24.8 Å². The number of imidazole rings is 1. The van der Waals surface area contributed by atoms with Gasteiger partial charge in [0.2, 0.25) is 16.0 Å². The van der Waals surface area contributed by atoms with Gasteiger partial charge in [0.1, 0.15) is 5.75 Å². The van der Waals surface area contributed by atoms with Crippen LogP contribution >= 0.6 is 0 Å². The molecule has 0 saturated carbocycles. The van der Waals surface area contributed by atoms with Crippen molar-refractivity contribution in [3.05, 3.63) is 48.0 Å². The van der Waals surface area contributed by atoms with Gasteiger partial charge in [-0.25, -0.2) is 17.7 Å². The van der Waals surface area contributed by atoms with E-state index in [0.29, 0.717) is 36.7 Å². The predicted octanol–water partition coefficient (Wildman–Crippen LogP) is 3.08. The van der Waals surface area contributed by atoms with Crippen LogP contribution in [0.2, 0.25) is 0 Å². The summed E-state index contributed by atoms with van der Waals surface area (Å²) in [7, 11) is 0.132. The SMILES string of the molecule is CN(C1CCN(c2nc3ccc(NC(=O)COc4ccc(C(F)(F)F)cc4)cc3n2C)C1)S(C)(=O)=O. The van der Waals surface area contributed by atoms with Crippen LogP contribution in [0.15, 0.2) is 42.5 Å². The number of hydrogen-bond acceptors (Lipinski definition) is 6. The molecule has 0 bridgehead atoms. The Morgan fingerprint density at radius 1 is 1.22 bits per heavy atom. The average molecular weight is 526 g/mol. The van der Waals surface area contributed by atoms with E-state index in [1.54, 1.807) is 25.2 Å². The first kappa shape index (κ1) is 25.8. The Morgan fingerprint density at radius 2 is 1.92 bits per heavy atom. The van der Waals surface area contributed by atoms with E-state index in [1.807, 2.05) is 16.5 Å². The van der Waals surface area contributed by atoms with Crippen LogP contribution in [0.3, 0.4) is 0 Å². The lowest BCUT2D eigenvalue weighted by molar-refractivity contribution is -0.137. The fourth-order valence-electron chi connectivity index (χ4n) is 4.11. The van der Waals surface area contributed by atoms with Crippen molar-refractivity contribution in [3.8, 4) is 5.75 Å². The molecule has 1 atom stereocenters. The molecule has 13 heteroatoms. The molecule has 9 nitrogen and oxygen atoms in total. The van der Waals surface area contributed by atoms with E-state index < -0.39 is 27.7 Å². The van der Waals surface area contributed by atoms with Crippen molar-refractivity contribution in [2.75, 3.05) is 43.2 Å². The molecule has 36 heavy (non-hydrogen) atoms. The fraction of sp³-hybridized carbons (Fsp3) is 0.391. The second kappa shape index (κ2) is 9.62. The molecule has 0 aliphatic carbocycles. The summed E-state index contributed by atoms with van der Waals surface area (Å²) in [6.07, 6.45) is -2.56. The highest BCUT2D eigenvalue weighted by atomic mass is 32.2. The Hall–Kier alpha value is -3.32. The summed E-state index contributed by atoms with van der Waals surface area (Å²) in [4.78, 5) is 19.0. The summed E-state index contributed by atoms with van der Waals surface area (Å²) in [5.74, 6) is 0.377. The highest BCUT2D eigenvalue weighted by molar-refractivity contribution is 7.88. The quantitative estimate of drug-likeness (QED) is 0.509. The molecule has 1 aliphatic heterocycles. The maximum Gasteiger partial charge on any atom is 0.416 e. The number of aromatic nitrogens is 2. The number of halogens is 3. The summed E-state index contributed by atoms with van der Waals surface area (Å²) in [6.45, 7) is 0.807. The van der Waals surface area contributed by atoms with Crippen molar-refractivity contribution in [2.24, 2.45) is 7.05 Å². The van der Waals surface area contributed by atoms with E-state index in [1.165, 1.54) is 10.6 Å². The number of carbonyl (C=O) groups excluding carboxylic acids is 1. The van der Waals surface area contributed by atoms with Crippen LogP contribution in [-0.2, 0) is 28.0 Å². The van der Waals surface area contributed by atoms with E-state index in [-0.39, 0.29) is 18.4 Å². The zero-order valence-electron chi connectivity index (χ0n) is 19.9. The van der Waals surface area contributed by atoms with Crippen molar-refractivity contribution in [2.45, 2.75) is 18.6 Å². The summed E-state index contributed by atoms with van der Waals surface area (Å²) in [5.41, 5.74) is 1.20. The second-order valence-electron chi connectivity index (χ2n) is 8.70. The number of rotatable bonds is 7. The molecule has 1 saturated heterocycles. The molecule has 1 unspecified atom stereocenters. The van der Waals surface area contributed by atoms with E-state index in [4.69, 9.17) is 4.74 Å². The summed E-state index contributed by atoms with van der Waals surface area (Å²) in [5, 5.41) is 2.71. The minimum atomic E-state index is -4.44. The third-order valence-corrected chi connectivity index (χ3v) is 7.52. The smallest absolute Gasteiger partial charge is 0.416 e. The monoisotopic (exact) mass is 525 g/mol. The molecule has 4 rings (SSSR count). The molecule has 1 aliphatic rings. The van der Waals surface area contributed by atoms with Crippen molar-refractivity contribution in [1.29, 1.82) is 0 Å². The maximum atomic E-state index is 12.7. The number of likely N-dealkylation sites (N-methyl/N-ethyl adjacent to an activating group) is 1. The van der Waals surface area contributed by atoms with Crippen LogP contribution in [0, 0.1) is 0 Å². The van der Waals surface area contributed by atoms with Gasteiger partial charge in [0.15, 0.2) is 6.61 Å². The minimum Gasteiger partial charge on any atom is -0.484 e. The van der Waals surface area contributed by atoms with Crippen LogP contribution in [0.25, 0.3) is 11.0 Å². The van der Waals surface area contributed by atoms with Gasteiger partial charge in [-0.15, -0.1) is 0 Å². The van der Waals surface area contributed by atoms with Crippen molar-refractivity contribution in [3.63, 3.8) is 0 Å². The minimum absolute atomic E-state index is 0.140. The Morgan fingerprint density at radius 3 is 2.56 bits per heavy atom. The first-order valence-corrected chi connectivity index (χ1v) is 12.9.